The zero-order chi connectivity index (χ0) is 39.9. The topological polar surface area (TPSA) is 8.17 Å². The number of benzene rings is 7. The van der Waals surface area contributed by atoms with Crippen molar-refractivity contribution in [2.75, 3.05) is 4.90 Å². The Morgan fingerprint density at radius 2 is 1.07 bits per heavy atom. The van der Waals surface area contributed by atoms with Gasteiger partial charge >= 0.3 is 0 Å². The first-order chi connectivity index (χ1) is 30.2. The first-order valence-corrected chi connectivity index (χ1v) is 23.6. The first kappa shape index (κ1) is 34.8. The number of hydrogen-bond acceptors (Lipinski definition) is 1. The van der Waals surface area contributed by atoms with Gasteiger partial charge in [0.15, 0.2) is 0 Å². The molecule has 7 aromatic carbocycles. The average Bonchev–Trinajstić information content (AvgIpc) is 3.82. The number of hydrogen-bond donors (Lipinski definition) is 0. The molecule has 0 N–H and O–H groups in total. The molecule has 2 spiro atoms. The maximum absolute atomic E-state index is 2.62. The number of para-hydroxylation sites is 2. The average molecular weight is 789 g/mol. The van der Waals surface area contributed by atoms with E-state index in [1.807, 2.05) is 0 Å². The highest BCUT2D eigenvalue weighted by Gasteiger charge is 2.59. The standard InChI is InChI=1S/C59H52N2/c1-3-13-42(14-4-1)61-56-20-10-7-17-49(56)50-27-24-45(37-57(50)61)60(44-23-26-48-46-15-5-8-18-52(46)58(55(48)36-44)29-11-2-12-30-58)43-25-28-54-51(35-43)47-16-6-9-19-53(47)59(54)40-22-21-38-31-39(33-40)34-41(59)32-38/h1,3-10,13-20,23-28,35-41H,2,11-12,21-22,29-34H2. The molecule has 7 aliphatic rings. The van der Waals surface area contributed by atoms with Gasteiger partial charge in [-0.1, -0.05) is 129 Å². The van der Waals surface area contributed by atoms with E-state index in [-0.39, 0.29) is 10.8 Å². The van der Waals surface area contributed by atoms with E-state index in [2.05, 4.69) is 167 Å². The van der Waals surface area contributed by atoms with Crippen molar-refractivity contribution in [2.24, 2.45) is 23.7 Å². The van der Waals surface area contributed by atoms with Gasteiger partial charge in [0.1, 0.15) is 0 Å². The van der Waals surface area contributed by atoms with E-state index in [1.54, 1.807) is 16.7 Å². The van der Waals surface area contributed by atoms with Crippen molar-refractivity contribution in [1.82, 2.24) is 4.57 Å². The van der Waals surface area contributed by atoms with Crippen LogP contribution >= 0.6 is 0 Å². The lowest BCUT2D eigenvalue weighted by Crippen LogP contribution is -2.48. The maximum atomic E-state index is 2.62. The van der Waals surface area contributed by atoms with Crippen LogP contribution in [0.3, 0.4) is 0 Å². The Morgan fingerprint density at radius 1 is 0.426 bits per heavy atom. The Labute approximate surface area is 359 Å². The maximum Gasteiger partial charge on any atom is 0.0561 e. The van der Waals surface area contributed by atoms with Crippen LogP contribution in [0, 0.1) is 23.7 Å². The number of anilines is 3. The second kappa shape index (κ2) is 12.8. The monoisotopic (exact) mass is 788 g/mol. The fourth-order valence-corrected chi connectivity index (χ4v) is 15.1. The molecular formula is C59H52N2. The third-order valence-electron chi connectivity index (χ3n) is 17.2. The highest BCUT2D eigenvalue weighted by Crippen LogP contribution is 2.68. The summed E-state index contributed by atoms with van der Waals surface area (Å²) >= 11 is 0. The lowest BCUT2D eigenvalue weighted by atomic mass is 9.51. The largest absolute Gasteiger partial charge is 0.310 e. The molecule has 0 aliphatic heterocycles. The van der Waals surface area contributed by atoms with Gasteiger partial charge in [0.25, 0.3) is 0 Å². The number of nitrogens with zero attached hydrogens (tertiary/aromatic N) is 2. The Bertz CT molecular complexity index is 3060. The summed E-state index contributed by atoms with van der Waals surface area (Å²) in [6.45, 7) is 0. The molecule has 15 rings (SSSR count). The van der Waals surface area contributed by atoms with Gasteiger partial charge in [0.2, 0.25) is 0 Å². The summed E-state index contributed by atoms with van der Waals surface area (Å²) in [5, 5.41) is 2.58. The van der Waals surface area contributed by atoms with Gasteiger partial charge in [0.05, 0.1) is 11.0 Å². The zero-order valence-corrected chi connectivity index (χ0v) is 35.0. The van der Waals surface area contributed by atoms with Gasteiger partial charge in [-0.05, 0) is 168 Å². The molecule has 61 heavy (non-hydrogen) atoms. The SMILES string of the molecule is c1ccc(-n2c3ccccc3c3ccc(N(c4ccc5c(c4)-c4ccccc4C54C5CCC6CC(C5)CC4C6)c4ccc5c(c4)C4(CCCCC4)c4ccccc4-5)cc32)cc1. The van der Waals surface area contributed by atoms with Crippen LogP contribution < -0.4 is 4.90 Å². The molecule has 2 heteroatoms. The molecular weight excluding hydrogens is 737 g/mol. The summed E-state index contributed by atoms with van der Waals surface area (Å²) in [7, 11) is 0. The minimum atomic E-state index is 0.0801. The zero-order valence-electron chi connectivity index (χ0n) is 35.0. The van der Waals surface area contributed by atoms with Crippen molar-refractivity contribution >= 4 is 38.9 Å². The van der Waals surface area contributed by atoms with Crippen LogP contribution in [0.5, 0.6) is 0 Å². The molecule has 2 nitrogen and oxygen atoms in total. The molecule has 5 fully saturated rings. The third-order valence-corrected chi connectivity index (χ3v) is 17.2. The van der Waals surface area contributed by atoms with E-state index >= 15 is 0 Å². The van der Waals surface area contributed by atoms with Gasteiger partial charge in [-0.2, -0.15) is 0 Å². The van der Waals surface area contributed by atoms with Crippen LogP contribution in [-0.4, -0.2) is 4.57 Å². The summed E-state index contributed by atoms with van der Waals surface area (Å²) in [6.07, 6.45) is 14.9. The molecule has 1 heterocycles. The van der Waals surface area contributed by atoms with Crippen molar-refractivity contribution in [2.45, 2.75) is 81.5 Å². The summed E-state index contributed by atoms with van der Waals surface area (Å²) in [5.41, 5.74) is 19.8. The van der Waals surface area contributed by atoms with E-state index in [0.29, 0.717) is 0 Å². The minimum absolute atomic E-state index is 0.0801. The molecule has 7 aliphatic carbocycles. The molecule has 1 aromatic heterocycles. The van der Waals surface area contributed by atoms with E-state index in [9.17, 15) is 0 Å². The fourth-order valence-electron chi connectivity index (χ4n) is 15.1. The van der Waals surface area contributed by atoms with E-state index in [4.69, 9.17) is 0 Å². The second-order valence-corrected chi connectivity index (χ2v) is 19.9. The Morgan fingerprint density at radius 3 is 1.95 bits per heavy atom. The molecule has 4 bridgehead atoms. The third kappa shape index (κ3) is 4.69. The number of fused-ring (bicyclic) bond motifs is 12. The van der Waals surface area contributed by atoms with Crippen molar-refractivity contribution in [3.05, 3.63) is 180 Å². The lowest BCUT2D eigenvalue weighted by molar-refractivity contribution is 0.0618. The van der Waals surface area contributed by atoms with Gasteiger partial charge in [0, 0.05) is 44.4 Å². The van der Waals surface area contributed by atoms with E-state index in [0.717, 1.165) is 23.7 Å². The van der Waals surface area contributed by atoms with Crippen LogP contribution in [0.1, 0.15) is 92.9 Å². The van der Waals surface area contributed by atoms with E-state index in [1.165, 1.54) is 143 Å². The summed E-state index contributed by atoms with van der Waals surface area (Å²) in [5.74, 6) is 3.32. The van der Waals surface area contributed by atoms with E-state index < -0.39 is 0 Å². The van der Waals surface area contributed by atoms with Gasteiger partial charge in [-0.25, -0.2) is 0 Å². The van der Waals surface area contributed by atoms with Crippen LogP contribution in [0.25, 0.3) is 49.7 Å². The molecule has 0 radical (unpaired) electrons. The minimum Gasteiger partial charge on any atom is -0.310 e. The fraction of sp³-hybridized carbons (Fsp3) is 0.288. The Kier molecular flexibility index (Phi) is 7.32. The molecule has 5 unspecified atom stereocenters. The first-order valence-electron chi connectivity index (χ1n) is 23.6. The quantitative estimate of drug-likeness (QED) is 0.172. The second-order valence-electron chi connectivity index (χ2n) is 19.9. The van der Waals surface area contributed by atoms with Crippen LogP contribution in [0.4, 0.5) is 17.1 Å². The van der Waals surface area contributed by atoms with Crippen molar-refractivity contribution < 1.29 is 0 Å². The summed E-state index contributed by atoms with van der Waals surface area (Å²) < 4.78 is 2.47. The summed E-state index contributed by atoms with van der Waals surface area (Å²) in [6, 6.07) is 61.4. The van der Waals surface area contributed by atoms with Gasteiger partial charge < -0.3 is 9.47 Å². The van der Waals surface area contributed by atoms with Crippen LogP contribution in [0.2, 0.25) is 0 Å². The molecule has 298 valence electrons. The highest BCUT2D eigenvalue weighted by molar-refractivity contribution is 6.10. The van der Waals surface area contributed by atoms with Crippen LogP contribution in [0.15, 0.2) is 158 Å². The van der Waals surface area contributed by atoms with Crippen molar-refractivity contribution in [3.8, 4) is 27.9 Å². The molecule has 5 saturated carbocycles. The predicted octanol–water partition coefficient (Wildman–Crippen LogP) is 15.6. The number of rotatable bonds is 4. The lowest BCUT2D eigenvalue weighted by Gasteiger charge is -2.53. The molecule has 8 aromatic rings. The van der Waals surface area contributed by atoms with Crippen molar-refractivity contribution in [1.29, 1.82) is 0 Å². The summed E-state index contributed by atoms with van der Waals surface area (Å²) in [4.78, 5) is 2.61. The van der Waals surface area contributed by atoms with Gasteiger partial charge in [-0.15, -0.1) is 0 Å². The Balaban J connectivity index is 1.01. The van der Waals surface area contributed by atoms with Crippen molar-refractivity contribution in [3.63, 3.8) is 0 Å². The normalized spacial score (nSPS) is 24.9. The van der Waals surface area contributed by atoms with Crippen LogP contribution in [-0.2, 0) is 10.8 Å². The van der Waals surface area contributed by atoms with Gasteiger partial charge in [-0.3, -0.25) is 0 Å². The molecule has 0 amide bonds. The smallest absolute Gasteiger partial charge is 0.0561 e. The molecule has 5 atom stereocenters. The number of aromatic nitrogens is 1. The predicted molar refractivity (Wildman–Crippen MR) is 253 cm³/mol. The highest BCUT2D eigenvalue weighted by atomic mass is 15.1. The Hall–Kier alpha value is -5.86. The molecule has 0 saturated heterocycles.